The molecule has 1 fully saturated rings. The van der Waals surface area contributed by atoms with Crippen LogP contribution in [0.3, 0.4) is 0 Å². The summed E-state index contributed by atoms with van der Waals surface area (Å²) in [5.74, 6) is 0.307. The van der Waals surface area contributed by atoms with Crippen LogP contribution >= 0.6 is 24.0 Å². The Hall–Kier alpha value is -2.71. The quantitative estimate of drug-likeness (QED) is 0.352. The average molecular weight is 358 g/mol. The lowest BCUT2D eigenvalue weighted by atomic mass is 10.2. The number of nitrogens with zero attached hydrogens (tertiary/aromatic N) is 2. The Bertz CT molecular complexity index is 865. The van der Waals surface area contributed by atoms with Gasteiger partial charge < -0.3 is 4.74 Å². The van der Waals surface area contributed by atoms with Crippen molar-refractivity contribution >= 4 is 45.6 Å². The number of benzene rings is 2. The maximum atomic E-state index is 12.0. The van der Waals surface area contributed by atoms with Crippen molar-refractivity contribution in [3.63, 3.8) is 0 Å². The van der Waals surface area contributed by atoms with Crippen LogP contribution in [-0.4, -0.2) is 15.2 Å². The minimum atomic E-state index is -0.506. The molecule has 1 aliphatic rings. The summed E-state index contributed by atoms with van der Waals surface area (Å²) in [7, 11) is 0. The third-order valence-electron chi connectivity index (χ3n) is 3.22. The van der Waals surface area contributed by atoms with Crippen molar-refractivity contribution in [1.82, 2.24) is 0 Å². The van der Waals surface area contributed by atoms with E-state index in [2.05, 4.69) is 6.58 Å². The van der Waals surface area contributed by atoms with Crippen LogP contribution in [0.1, 0.15) is 0 Å². The molecule has 0 atom stereocenters. The molecule has 1 aliphatic heterocycles. The summed E-state index contributed by atoms with van der Waals surface area (Å²) in [5.41, 5.74) is 0.469. The Morgan fingerprint density at radius 1 is 1.17 bits per heavy atom. The minimum Gasteiger partial charge on any atom is -0.450 e. The predicted molar refractivity (Wildman–Crippen MR) is 96.4 cm³/mol. The normalized spacial score (nSPS) is 14.2. The van der Waals surface area contributed by atoms with Crippen LogP contribution in [0.4, 0.5) is 11.4 Å². The van der Waals surface area contributed by atoms with Gasteiger partial charge in [0.15, 0.2) is 4.32 Å². The van der Waals surface area contributed by atoms with Gasteiger partial charge in [0, 0.05) is 6.07 Å². The number of anilines is 1. The smallest absolute Gasteiger partial charge is 0.311 e. The average Bonchev–Trinajstić information content (AvgIpc) is 2.81. The second-order valence-electron chi connectivity index (χ2n) is 4.75. The Balaban J connectivity index is 1.84. The summed E-state index contributed by atoms with van der Waals surface area (Å²) in [6, 6.07) is 12.7. The highest BCUT2D eigenvalue weighted by Gasteiger charge is 2.31. The van der Waals surface area contributed by atoms with Gasteiger partial charge in [-0.15, -0.1) is 0 Å². The van der Waals surface area contributed by atoms with E-state index in [1.54, 1.807) is 36.4 Å². The summed E-state index contributed by atoms with van der Waals surface area (Å²) in [4.78, 5) is 24.3. The molecule has 120 valence electrons. The van der Waals surface area contributed by atoms with Crippen LogP contribution in [0.25, 0.3) is 0 Å². The van der Waals surface area contributed by atoms with Gasteiger partial charge >= 0.3 is 5.69 Å². The SMILES string of the molecule is C=C1SC(=S)N(c2ccc(Oc3ccccc3[N+](=O)[O-])cc2)C1=O. The largest absolute Gasteiger partial charge is 0.450 e. The number of ether oxygens (including phenoxy) is 1. The lowest BCUT2D eigenvalue weighted by molar-refractivity contribution is -0.385. The van der Waals surface area contributed by atoms with Crippen LogP contribution in [0.5, 0.6) is 11.5 Å². The first-order valence-electron chi connectivity index (χ1n) is 6.74. The number of hydrogen-bond acceptors (Lipinski definition) is 6. The molecule has 0 spiro atoms. The van der Waals surface area contributed by atoms with E-state index >= 15 is 0 Å². The van der Waals surface area contributed by atoms with E-state index in [4.69, 9.17) is 17.0 Å². The summed E-state index contributed by atoms with van der Waals surface area (Å²) in [5, 5.41) is 11.0. The van der Waals surface area contributed by atoms with Crippen molar-refractivity contribution in [3.05, 3.63) is 70.1 Å². The molecule has 6 nitrogen and oxygen atoms in total. The molecule has 0 bridgehead atoms. The van der Waals surface area contributed by atoms with Gasteiger partial charge in [-0.2, -0.15) is 0 Å². The molecule has 0 aliphatic carbocycles. The number of nitro benzene ring substituents is 1. The topological polar surface area (TPSA) is 72.7 Å². The van der Waals surface area contributed by atoms with Crippen molar-refractivity contribution < 1.29 is 14.5 Å². The molecule has 2 aromatic rings. The molecule has 1 amide bonds. The molecule has 1 heterocycles. The van der Waals surface area contributed by atoms with Crippen LogP contribution in [0.15, 0.2) is 60.0 Å². The zero-order valence-corrected chi connectivity index (χ0v) is 13.8. The monoisotopic (exact) mass is 358 g/mol. The number of nitro groups is 1. The Kier molecular flexibility index (Phi) is 4.32. The molecule has 3 rings (SSSR count). The predicted octanol–water partition coefficient (Wildman–Crippen LogP) is 4.27. The number of thiocarbonyl (C=S) groups is 1. The molecule has 1 saturated heterocycles. The van der Waals surface area contributed by atoms with E-state index in [9.17, 15) is 14.9 Å². The molecular formula is C16H10N2O4S2. The highest BCUT2D eigenvalue weighted by atomic mass is 32.2. The number of thioether (sulfide) groups is 1. The first kappa shape index (κ1) is 16.2. The molecule has 0 saturated carbocycles. The lowest BCUT2D eigenvalue weighted by Crippen LogP contribution is -2.27. The highest BCUT2D eigenvalue weighted by Crippen LogP contribution is 2.35. The fourth-order valence-corrected chi connectivity index (χ4v) is 3.27. The van der Waals surface area contributed by atoms with Crippen molar-refractivity contribution in [2.75, 3.05) is 4.90 Å². The zero-order valence-electron chi connectivity index (χ0n) is 12.2. The van der Waals surface area contributed by atoms with E-state index in [0.717, 1.165) is 11.8 Å². The number of hydrogen-bond donors (Lipinski definition) is 0. The van der Waals surface area contributed by atoms with Crippen LogP contribution in [-0.2, 0) is 4.79 Å². The van der Waals surface area contributed by atoms with Crippen molar-refractivity contribution in [2.24, 2.45) is 0 Å². The number of carbonyl (C=O) groups is 1. The van der Waals surface area contributed by atoms with Gasteiger partial charge in [0.2, 0.25) is 5.75 Å². The van der Waals surface area contributed by atoms with Gasteiger partial charge in [-0.3, -0.25) is 19.8 Å². The number of amides is 1. The molecule has 24 heavy (non-hydrogen) atoms. The minimum absolute atomic E-state index is 0.120. The lowest BCUT2D eigenvalue weighted by Gasteiger charge is -2.15. The van der Waals surface area contributed by atoms with Crippen molar-refractivity contribution in [3.8, 4) is 11.5 Å². The number of para-hydroxylation sites is 2. The summed E-state index contributed by atoms with van der Waals surface area (Å²) >= 11 is 6.31. The van der Waals surface area contributed by atoms with Crippen molar-refractivity contribution in [2.45, 2.75) is 0 Å². The Morgan fingerprint density at radius 3 is 2.42 bits per heavy atom. The Labute approximate surface area is 146 Å². The number of carbonyl (C=O) groups excluding carboxylic acids is 1. The fraction of sp³-hybridized carbons (Fsp3) is 0. The molecule has 0 unspecified atom stereocenters. The molecule has 8 heteroatoms. The summed E-state index contributed by atoms with van der Waals surface area (Å²) in [6.07, 6.45) is 0. The van der Waals surface area contributed by atoms with Gasteiger partial charge in [0.25, 0.3) is 5.91 Å². The van der Waals surface area contributed by atoms with Crippen LogP contribution < -0.4 is 9.64 Å². The van der Waals surface area contributed by atoms with Crippen LogP contribution in [0.2, 0.25) is 0 Å². The van der Waals surface area contributed by atoms with E-state index in [1.807, 2.05) is 0 Å². The molecular weight excluding hydrogens is 348 g/mol. The number of rotatable bonds is 4. The van der Waals surface area contributed by atoms with Gasteiger partial charge in [-0.1, -0.05) is 42.7 Å². The van der Waals surface area contributed by atoms with E-state index in [-0.39, 0.29) is 17.3 Å². The molecule has 0 N–H and O–H groups in total. The molecule has 2 aromatic carbocycles. The fourth-order valence-electron chi connectivity index (χ4n) is 2.11. The maximum Gasteiger partial charge on any atom is 0.311 e. The van der Waals surface area contributed by atoms with Crippen LogP contribution in [0, 0.1) is 10.1 Å². The molecule has 0 radical (unpaired) electrons. The van der Waals surface area contributed by atoms with Gasteiger partial charge in [-0.25, -0.2) is 0 Å². The van der Waals surface area contributed by atoms with Gasteiger partial charge in [0.1, 0.15) is 5.75 Å². The standard InChI is InChI=1S/C16H10N2O4S2/c1-10-15(19)17(16(23)24-10)11-6-8-12(9-7-11)22-14-5-3-2-4-13(14)18(20)21/h2-9H,1H2. The Morgan fingerprint density at radius 2 is 1.83 bits per heavy atom. The second-order valence-corrected chi connectivity index (χ2v) is 6.48. The second kappa shape index (κ2) is 6.42. The maximum absolute atomic E-state index is 12.0. The first-order valence-corrected chi connectivity index (χ1v) is 7.96. The highest BCUT2D eigenvalue weighted by molar-refractivity contribution is 8.27. The molecule has 0 aromatic heterocycles. The summed E-state index contributed by atoms with van der Waals surface area (Å²) in [6.45, 7) is 3.66. The van der Waals surface area contributed by atoms with E-state index < -0.39 is 4.92 Å². The first-order chi connectivity index (χ1) is 11.5. The van der Waals surface area contributed by atoms with E-state index in [0.29, 0.717) is 20.7 Å². The zero-order chi connectivity index (χ0) is 17.3. The third-order valence-corrected chi connectivity index (χ3v) is 4.43. The third kappa shape index (κ3) is 3.01. The van der Waals surface area contributed by atoms with Crippen molar-refractivity contribution in [1.29, 1.82) is 0 Å². The van der Waals surface area contributed by atoms with E-state index in [1.165, 1.54) is 17.0 Å². The van der Waals surface area contributed by atoms with Gasteiger partial charge in [-0.05, 0) is 30.3 Å². The van der Waals surface area contributed by atoms with Gasteiger partial charge in [0.05, 0.1) is 15.5 Å². The summed E-state index contributed by atoms with van der Waals surface area (Å²) < 4.78 is 5.98.